The van der Waals surface area contributed by atoms with Crippen LogP contribution in [-0.2, 0) is 16.1 Å². The lowest BCUT2D eigenvalue weighted by molar-refractivity contribution is -0.150. The molecule has 4 nitrogen and oxygen atoms in total. The zero-order valence-electron chi connectivity index (χ0n) is 12.0. The van der Waals surface area contributed by atoms with Gasteiger partial charge in [-0.3, -0.25) is 4.79 Å². The van der Waals surface area contributed by atoms with Gasteiger partial charge in [-0.15, -0.1) is 0 Å². The van der Waals surface area contributed by atoms with E-state index in [4.69, 9.17) is 15.2 Å². The van der Waals surface area contributed by atoms with Crippen LogP contribution in [0.2, 0.25) is 0 Å². The summed E-state index contributed by atoms with van der Waals surface area (Å²) in [5, 5.41) is 0. The highest BCUT2D eigenvalue weighted by atomic mass is 16.5. The third-order valence-corrected chi connectivity index (χ3v) is 3.01. The van der Waals surface area contributed by atoms with E-state index in [-0.39, 0.29) is 25.1 Å². The van der Waals surface area contributed by atoms with Crippen LogP contribution in [0, 0.1) is 5.92 Å². The third kappa shape index (κ3) is 4.84. The lowest BCUT2D eigenvalue weighted by Crippen LogP contribution is -2.21. The monoisotopic (exact) mass is 285 g/mol. The van der Waals surface area contributed by atoms with Gasteiger partial charge in [0, 0.05) is 5.69 Å². The van der Waals surface area contributed by atoms with Crippen LogP contribution in [0.3, 0.4) is 0 Å². The Kier molecular flexibility index (Phi) is 5.21. The fourth-order valence-electron chi connectivity index (χ4n) is 1.72. The molecule has 2 rings (SSSR count). The summed E-state index contributed by atoms with van der Waals surface area (Å²) in [6, 6.07) is 16.7. The summed E-state index contributed by atoms with van der Waals surface area (Å²) in [6.07, 6.45) is 0. The second-order valence-corrected chi connectivity index (χ2v) is 4.87. The van der Waals surface area contributed by atoms with Gasteiger partial charge in [0.1, 0.15) is 19.0 Å². The van der Waals surface area contributed by atoms with E-state index in [1.165, 1.54) is 0 Å². The second kappa shape index (κ2) is 7.33. The fourth-order valence-corrected chi connectivity index (χ4v) is 1.72. The summed E-state index contributed by atoms with van der Waals surface area (Å²) in [6.45, 7) is 2.34. The Morgan fingerprint density at radius 2 is 1.76 bits per heavy atom. The Balaban J connectivity index is 1.76. The molecule has 1 atom stereocenters. The Morgan fingerprint density at radius 3 is 2.43 bits per heavy atom. The maximum absolute atomic E-state index is 11.9. The average Bonchev–Trinajstić information content (AvgIpc) is 2.52. The van der Waals surface area contributed by atoms with Crippen LogP contribution >= 0.6 is 0 Å². The minimum atomic E-state index is -0.328. The largest absolute Gasteiger partial charge is 0.493 e. The topological polar surface area (TPSA) is 61.5 Å². The van der Waals surface area contributed by atoms with E-state index in [9.17, 15) is 4.79 Å². The van der Waals surface area contributed by atoms with Gasteiger partial charge in [-0.1, -0.05) is 30.3 Å². The molecule has 0 aliphatic heterocycles. The Bertz CT molecular complexity index is 566. The van der Waals surface area contributed by atoms with Gasteiger partial charge in [0.25, 0.3) is 0 Å². The number of hydrogen-bond acceptors (Lipinski definition) is 4. The number of anilines is 1. The predicted molar refractivity (Wildman–Crippen MR) is 81.8 cm³/mol. The van der Waals surface area contributed by atoms with E-state index in [1.807, 2.05) is 30.3 Å². The summed E-state index contributed by atoms with van der Waals surface area (Å²) >= 11 is 0. The number of esters is 1. The van der Waals surface area contributed by atoms with Gasteiger partial charge in [0.05, 0.1) is 5.92 Å². The first kappa shape index (κ1) is 14.9. The van der Waals surface area contributed by atoms with Crippen LogP contribution in [0.1, 0.15) is 12.5 Å². The Morgan fingerprint density at radius 1 is 1.10 bits per heavy atom. The van der Waals surface area contributed by atoms with Crippen molar-refractivity contribution in [3.05, 3.63) is 60.2 Å². The van der Waals surface area contributed by atoms with Crippen molar-refractivity contribution in [1.29, 1.82) is 0 Å². The molecule has 0 fully saturated rings. The normalized spacial score (nSPS) is 11.7. The van der Waals surface area contributed by atoms with Crippen molar-refractivity contribution in [2.24, 2.45) is 5.92 Å². The lowest BCUT2D eigenvalue weighted by atomic mass is 10.2. The first-order chi connectivity index (χ1) is 10.1. The molecule has 0 aliphatic carbocycles. The van der Waals surface area contributed by atoms with E-state index in [0.717, 1.165) is 5.56 Å². The molecule has 2 aromatic rings. The number of benzene rings is 2. The number of rotatable bonds is 6. The average molecular weight is 285 g/mol. The minimum absolute atomic E-state index is 0.269. The minimum Gasteiger partial charge on any atom is -0.493 e. The quantitative estimate of drug-likeness (QED) is 0.654. The summed E-state index contributed by atoms with van der Waals surface area (Å²) in [5.74, 6) is 0.0903. The number of carbonyl (C=O) groups excluding carboxylic acids is 1. The molecule has 0 bridgehead atoms. The molecule has 1 unspecified atom stereocenters. The standard InChI is InChI=1S/C17H19NO3/c1-13(11-20-16-9-7-15(18)8-10-16)17(19)21-12-14-5-3-2-4-6-14/h2-10,13H,11-12,18H2,1H3. The molecule has 2 aromatic carbocycles. The maximum Gasteiger partial charge on any atom is 0.312 e. The van der Waals surface area contributed by atoms with E-state index in [2.05, 4.69) is 0 Å². The van der Waals surface area contributed by atoms with Gasteiger partial charge in [-0.2, -0.15) is 0 Å². The highest BCUT2D eigenvalue weighted by Crippen LogP contribution is 2.14. The van der Waals surface area contributed by atoms with Crippen molar-refractivity contribution in [3.63, 3.8) is 0 Å². The molecule has 0 spiro atoms. The van der Waals surface area contributed by atoms with E-state index in [1.54, 1.807) is 31.2 Å². The molecule has 0 radical (unpaired) electrons. The SMILES string of the molecule is CC(COc1ccc(N)cc1)C(=O)OCc1ccccc1. The summed E-state index contributed by atoms with van der Waals surface area (Å²) in [5.41, 5.74) is 7.24. The lowest BCUT2D eigenvalue weighted by Gasteiger charge is -2.13. The fraction of sp³-hybridized carbons (Fsp3) is 0.235. The van der Waals surface area contributed by atoms with Crippen molar-refractivity contribution >= 4 is 11.7 Å². The number of carbonyl (C=O) groups is 1. The van der Waals surface area contributed by atoms with Crippen molar-refractivity contribution in [2.45, 2.75) is 13.5 Å². The van der Waals surface area contributed by atoms with E-state index >= 15 is 0 Å². The number of nitrogens with two attached hydrogens (primary N) is 1. The number of nitrogen functional groups attached to an aromatic ring is 1. The molecular formula is C17H19NO3. The number of ether oxygens (including phenoxy) is 2. The van der Waals surface area contributed by atoms with E-state index in [0.29, 0.717) is 11.4 Å². The van der Waals surface area contributed by atoms with E-state index < -0.39 is 0 Å². The highest BCUT2D eigenvalue weighted by molar-refractivity contribution is 5.72. The molecule has 21 heavy (non-hydrogen) atoms. The third-order valence-electron chi connectivity index (χ3n) is 3.01. The van der Waals surface area contributed by atoms with Crippen LogP contribution < -0.4 is 10.5 Å². The van der Waals surface area contributed by atoms with Gasteiger partial charge >= 0.3 is 5.97 Å². The summed E-state index contributed by atoms with van der Waals surface area (Å²) in [4.78, 5) is 11.9. The first-order valence-corrected chi connectivity index (χ1v) is 6.84. The molecule has 0 aliphatic rings. The summed E-state index contributed by atoms with van der Waals surface area (Å²) < 4.78 is 10.8. The molecular weight excluding hydrogens is 266 g/mol. The van der Waals surface area contributed by atoms with Crippen LogP contribution in [0.15, 0.2) is 54.6 Å². The zero-order chi connectivity index (χ0) is 15.1. The maximum atomic E-state index is 11.9. The van der Waals surface area contributed by atoms with Crippen LogP contribution in [0.5, 0.6) is 5.75 Å². The smallest absolute Gasteiger partial charge is 0.312 e. The Hall–Kier alpha value is -2.49. The zero-order valence-corrected chi connectivity index (χ0v) is 12.0. The van der Waals surface area contributed by atoms with Gasteiger partial charge < -0.3 is 15.2 Å². The van der Waals surface area contributed by atoms with Crippen LogP contribution in [-0.4, -0.2) is 12.6 Å². The molecule has 0 heterocycles. The number of hydrogen-bond donors (Lipinski definition) is 1. The predicted octanol–water partition coefficient (Wildman–Crippen LogP) is 3.03. The van der Waals surface area contributed by atoms with Crippen LogP contribution in [0.25, 0.3) is 0 Å². The van der Waals surface area contributed by atoms with Gasteiger partial charge in [-0.25, -0.2) is 0 Å². The molecule has 0 saturated carbocycles. The van der Waals surface area contributed by atoms with Gasteiger partial charge in [-0.05, 0) is 36.8 Å². The molecule has 2 N–H and O–H groups in total. The van der Waals surface area contributed by atoms with Gasteiger partial charge in [0.2, 0.25) is 0 Å². The summed E-state index contributed by atoms with van der Waals surface area (Å²) in [7, 11) is 0. The first-order valence-electron chi connectivity index (χ1n) is 6.84. The molecule has 4 heteroatoms. The van der Waals surface area contributed by atoms with Gasteiger partial charge in [0.15, 0.2) is 0 Å². The molecule has 110 valence electrons. The molecule has 0 saturated heterocycles. The van der Waals surface area contributed by atoms with Crippen molar-refractivity contribution in [2.75, 3.05) is 12.3 Å². The highest BCUT2D eigenvalue weighted by Gasteiger charge is 2.15. The molecule has 0 amide bonds. The van der Waals surface area contributed by atoms with Crippen molar-refractivity contribution < 1.29 is 14.3 Å². The molecule has 0 aromatic heterocycles. The van der Waals surface area contributed by atoms with Crippen molar-refractivity contribution in [1.82, 2.24) is 0 Å². The van der Waals surface area contributed by atoms with Crippen LogP contribution in [0.4, 0.5) is 5.69 Å². The second-order valence-electron chi connectivity index (χ2n) is 4.87. The van der Waals surface area contributed by atoms with Crippen molar-refractivity contribution in [3.8, 4) is 5.75 Å². The Labute approximate surface area is 124 Å².